The van der Waals surface area contributed by atoms with E-state index in [4.69, 9.17) is 16.3 Å². The van der Waals surface area contributed by atoms with Crippen molar-refractivity contribution in [1.29, 1.82) is 0 Å². The molecule has 0 amide bonds. The Morgan fingerprint density at radius 2 is 2.00 bits per heavy atom. The first-order valence-corrected chi connectivity index (χ1v) is 9.34. The molecule has 0 aliphatic rings. The van der Waals surface area contributed by atoms with Gasteiger partial charge in [-0.15, -0.1) is 0 Å². The smallest absolute Gasteiger partial charge is 0.357 e. The summed E-state index contributed by atoms with van der Waals surface area (Å²) < 4.78 is 32.1. The molecule has 2 heterocycles. The molecule has 25 heavy (non-hydrogen) atoms. The van der Waals surface area contributed by atoms with Crippen LogP contribution in [0.25, 0.3) is 10.9 Å². The molecule has 8 heteroatoms. The van der Waals surface area contributed by atoms with E-state index in [1.165, 1.54) is 18.3 Å². The molecule has 0 saturated heterocycles. The Labute approximate surface area is 150 Å². The minimum Gasteiger partial charge on any atom is -0.461 e. The maximum Gasteiger partial charge on any atom is 0.357 e. The van der Waals surface area contributed by atoms with E-state index >= 15 is 0 Å². The highest BCUT2D eigenvalue weighted by atomic mass is 35.5. The highest BCUT2D eigenvalue weighted by Crippen LogP contribution is 2.28. The van der Waals surface area contributed by atoms with Crippen LogP contribution in [-0.4, -0.2) is 30.0 Å². The van der Waals surface area contributed by atoms with Crippen LogP contribution in [0.15, 0.2) is 47.5 Å². The van der Waals surface area contributed by atoms with Crippen LogP contribution < -0.4 is 0 Å². The van der Waals surface area contributed by atoms with Crippen LogP contribution in [-0.2, 0) is 14.8 Å². The molecule has 6 nitrogen and oxygen atoms in total. The number of carbonyl (C=O) groups excluding carboxylic acids is 1. The molecule has 0 saturated carbocycles. The van der Waals surface area contributed by atoms with Gasteiger partial charge in [0.2, 0.25) is 0 Å². The number of fused-ring (bicyclic) bond motifs is 1. The number of rotatable bonds is 4. The van der Waals surface area contributed by atoms with Crippen molar-refractivity contribution in [3.63, 3.8) is 0 Å². The van der Waals surface area contributed by atoms with Gasteiger partial charge >= 0.3 is 5.97 Å². The zero-order valence-electron chi connectivity index (χ0n) is 13.6. The first kappa shape index (κ1) is 17.4. The summed E-state index contributed by atoms with van der Waals surface area (Å²) >= 11 is 6.12. The third-order valence-corrected chi connectivity index (χ3v) is 5.86. The average molecular weight is 379 g/mol. The largest absolute Gasteiger partial charge is 0.461 e. The molecule has 1 aromatic carbocycles. The Morgan fingerprint density at radius 3 is 2.68 bits per heavy atom. The minimum atomic E-state index is -3.85. The van der Waals surface area contributed by atoms with Gasteiger partial charge in [-0.3, -0.25) is 0 Å². The van der Waals surface area contributed by atoms with Crippen LogP contribution in [0.4, 0.5) is 0 Å². The van der Waals surface area contributed by atoms with Crippen LogP contribution in [0.3, 0.4) is 0 Å². The Hall–Kier alpha value is -2.38. The lowest BCUT2D eigenvalue weighted by molar-refractivity contribution is 0.0519. The Balaban J connectivity index is 2.24. The number of hydrogen-bond donors (Lipinski definition) is 0. The number of hydrogen-bond acceptors (Lipinski definition) is 5. The molecule has 0 bridgehead atoms. The van der Waals surface area contributed by atoms with E-state index in [0.29, 0.717) is 10.9 Å². The van der Waals surface area contributed by atoms with Crippen LogP contribution in [0, 0.1) is 6.92 Å². The number of aryl methyl sites for hydroxylation is 1. The maximum atomic E-state index is 13.0. The molecule has 0 aliphatic heterocycles. The molecule has 2 aromatic heterocycles. The first-order valence-electron chi connectivity index (χ1n) is 7.52. The quantitative estimate of drug-likeness (QED) is 0.513. The van der Waals surface area contributed by atoms with Gasteiger partial charge in [0.25, 0.3) is 10.0 Å². The number of esters is 1. The normalized spacial score (nSPS) is 11.6. The topological polar surface area (TPSA) is 78.3 Å². The zero-order chi connectivity index (χ0) is 18.2. The predicted molar refractivity (Wildman–Crippen MR) is 94.5 cm³/mol. The molecule has 0 unspecified atom stereocenters. The van der Waals surface area contributed by atoms with Crippen molar-refractivity contribution in [3.8, 4) is 0 Å². The number of aromatic nitrogens is 2. The minimum absolute atomic E-state index is 0.0410. The summed E-state index contributed by atoms with van der Waals surface area (Å²) in [5, 5.41) is 0.478. The van der Waals surface area contributed by atoms with Gasteiger partial charge in [-0.2, -0.15) is 0 Å². The summed E-state index contributed by atoms with van der Waals surface area (Å²) in [5.74, 6) is -0.660. The zero-order valence-corrected chi connectivity index (χ0v) is 15.1. The molecule has 0 fully saturated rings. The standard InChI is InChI=1S/C17H15ClN2O4S/c1-3-24-17(21)13-10-14-12(16(18)19-13)8-9-20(14)25(22,23)15-7-5-4-6-11(15)2/h4-10H,3H2,1-2H3. The van der Waals surface area contributed by atoms with Gasteiger partial charge in [-0.1, -0.05) is 29.8 Å². The van der Waals surface area contributed by atoms with Crippen molar-refractivity contribution < 1.29 is 17.9 Å². The number of pyridine rings is 1. The van der Waals surface area contributed by atoms with Gasteiger partial charge in [-0.05, 0) is 37.6 Å². The van der Waals surface area contributed by atoms with E-state index in [1.807, 2.05) is 0 Å². The van der Waals surface area contributed by atoms with E-state index in [2.05, 4.69) is 4.98 Å². The molecule has 0 N–H and O–H groups in total. The third kappa shape index (κ3) is 3.01. The second-order valence-corrected chi connectivity index (χ2v) is 7.48. The summed E-state index contributed by atoms with van der Waals surface area (Å²) in [6.45, 7) is 3.57. The Morgan fingerprint density at radius 1 is 1.28 bits per heavy atom. The van der Waals surface area contributed by atoms with Crippen molar-refractivity contribution in [2.24, 2.45) is 0 Å². The van der Waals surface area contributed by atoms with Crippen molar-refractivity contribution in [1.82, 2.24) is 8.96 Å². The highest BCUT2D eigenvalue weighted by molar-refractivity contribution is 7.90. The first-order chi connectivity index (χ1) is 11.9. The fraction of sp³-hybridized carbons (Fsp3) is 0.176. The van der Waals surface area contributed by atoms with E-state index in [9.17, 15) is 13.2 Å². The van der Waals surface area contributed by atoms with Crippen LogP contribution in [0.2, 0.25) is 5.15 Å². The number of carbonyl (C=O) groups is 1. The summed E-state index contributed by atoms with van der Waals surface area (Å²) in [7, 11) is -3.85. The highest BCUT2D eigenvalue weighted by Gasteiger charge is 2.23. The fourth-order valence-electron chi connectivity index (χ4n) is 2.54. The van der Waals surface area contributed by atoms with Crippen molar-refractivity contribution in [2.75, 3.05) is 6.61 Å². The molecule has 0 atom stereocenters. The second kappa shape index (κ2) is 6.50. The van der Waals surface area contributed by atoms with Gasteiger partial charge in [-0.25, -0.2) is 22.2 Å². The number of benzene rings is 1. The van der Waals surface area contributed by atoms with Crippen LogP contribution >= 0.6 is 11.6 Å². The Kier molecular flexibility index (Phi) is 4.53. The lowest BCUT2D eigenvalue weighted by Gasteiger charge is -2.10. The summed E-state index contributed by atoms with van der Waals surface area (Å²) in [6, 6.07) is 9.60. The molecule has 3 aromatic rings. The molecular weight excluding hydrogens is 364 g/mol. The number of halogens is 1. The predicted octanol–water partition coefficient (Wildman–Crippen LogP) is 3.41. The van der Waals surface area contributed by atoms with Crippen molar-refractivity contribution >= 4 is 38.5 Å². The molecule has 0 aliphatic carbocycles. The maximum absolute atomic E-state index is 13.0. The van der Waals surface area contributed by atoms with Crippen LogP contribution in [0.1, 0.15) is 23.0 Å². The monoisotopic (exact) mass is 378 g/mol. The third-order valence-electron chi connectivity index (χ3n) is 3.72. The van der Waals surface area contributed by atoms with Gasteiger partial charge in [0.05, 0.1) is 17.0 Å². The molecular formula is C17H15ClN2O4S. The fourth-order valence-corrected chi connectivity index (χ4v) is 4.36. The summed E-state index contributed by atoms with van der Waals surface area (Å²) in [6.07, 6.45) is 1.40. The lowest BCUT2D eigenvalue weighted by Crippen LogP contribution is -2.14. The van der Waals surface area contributed by atoms with Crippen molar-refractivity contribution in [2.45, 2.75) is 18.7 Å². The van der Waals surface area contributed by atoms with Gasteiger partial charge in [0.1, 0.15) is 5.15 Å². The van der Waals surface area contributed by atoms with Gasteiger partial charge in [0, 0.05) is 11.6 Å². The van der Waals surface area contributed by atoms with E-state index in [1.54, 1.807) is 38.1 Å². The lowest BCUT2D eigenvalue weighted by atomic mass is 10.2. The summed E-state index contributed by atoms with van der Waals surface area (Å²) in [4.78, 5) is 16.1. The molecule has 0 radical (unpaired) electrons. The van der Waals surface area contributed by atoms with Gasteiger partial charge < -0.3 is 4.74 Å². The van der Waals surface area contributed by atoms with Crippen LogP contribution in [0.5, 0.6) is 0 Å². The van der Waals surface area contributed by atoms with E-state index in [-0.39, 0.29) is 27.9 Å². The Bertz CT molecular complexity index is 1070. The molecule has 3 rings (SSSR count). The molecule has 130 valence electrons. The van der Waals surface area contributed by atoms with Crippen molar-refractivity contribution in [3.05, 3.63) is 59.0 Å². The molecule has 0 spiro atoms. The number of nitrogens with zero attached hydrogens (tertiary/aromatic N) is 2. The van der Waals surface area contributed by atoms with Gasteiger partial charge in [0.15, 0.2) is 5.69 Å². The van der Waals surface area contributed by atoms with E-state index in [0.717, 1.165) is 3.97 Å². The second-order valence-electron chi connectivity index (χ2n) is 5.33. The number of ether oxygens (including phenoxy) is 1. The van der Waals surface area contributed by atoms with E-state index < -0.39 is 16.0 Å². The SMILES string of the molecule is CCOC(=O)c1cc2c(ccn2S(=O)(=O)c2ccccc2C)c(Cl)n1. The average Bonchev–Trinajstić information content (AvgIpc) is 3.00. The summed E-state index contributed by atoms with van der Waals surface area (Å²) in [5.41, 5.74) is 0.848.